The van der Waals surface area contributed by atoms with Crippen molar-refractivity contribution in [3.63, 3.8) is 0 Å². The molecule has 3 rings (SSSR count). The van der Waals surface area contributed by atoms with E-state index in [-0.39, 0.29) is 11.7 Å². The van der Waals surface area contributed by atoms with E-state index in [0.29, 0.717) is 23.0 Å². The van der Waals surface area contributed by atoms with Crippen LogP contribution in [0, 0.1) is 0 Å². The maximum absolute atomic E-state index is 12.7. The van der Waals surface area contributed by atoms with E-state index < -0.39 is 0 Å². The number of aromatic nitrogens is 1. The summed E-state index contributed by atoms with van der Waals surface area (Å²) in [5.41, 5.74) is 8.81. The molecule has 1 heterocycles. The van der Waals surface area contributed by atoms with Gasteiger partial charge < -0.3 is 15.2 Å². The minimum atomic E-state index is -0.0539. The summed E-state index contributed by atoms with van der Waals surface area (Å²) in [6.45, 7) is 2.01. The molecular weight excluding hydrogens is 340 g/mol. The van der Waals surface area contributed by atoms with Crippen molar-refractivity contribution < 1.29 is 9.32 Å². The van der Waals surface area contributed by atoms with Gasteiger partial charge in [0.15, 0.2) is 11.7 Å². The lowest BCUT2D eigenvalue weighted by Crippen LogP contribution is -2.29. The third kappa shape index (κ3) is 4.23. The molecule has 0 aliphatic heterocycles. The van der Waals surface area contributed by atoms with Gasteiger partial charge in [-0.25, -0.2) is 0 Å². The van der Waals surface area contributed by atoms with Gasteiger partial charge in [-0.15, -0.1) is 0 Å². The summed E-state index contributed by atoms with van der Waals surface area (Å²) in [5.74, 6) is 0.621. The Hall–Kier alpha value is -3.41. The van der Waals surface area contributed by atoms with Gasteiger partial charge in [-0.2, -0.15) is 4.99 Å². The van der Waals surface area contributed by atoms with Crippen molar-refractivity contribution in [3.8, 4) is 0 Å². The zero-order chi connectivity index (χ0) is 19.4. The van der Waals surface area contributed by atoms with Gasteiger partial charge in [0.1, 0.15) is 0 Å². The molecule has 2 aromatic carbocycles. The highest BCUT2D eigenvalue weighted by Crippen LogP contribution is 2.27. The summed E-state index contributed by atoms with van der Waals surface area (Å²) >= 11 is 0. The van der Waals surface area contributed by atoms with Crippen LogP contribution in [0.25, 0.3) is 0 Å². The number of guanidine groups is 1. The van der Waals surface area contributed by atoms with Crippen LogP contribution < -0.4 is 5.73 Å². The van der Waals surface area contributed by atoms with Gasteiger partial charge in [0, 0.05) is 37.2 Å². The molecule has 3 aromatic rings. The average Bonchev–Trinajstić information content (AvgIpc) is 3.16. The van der Waals surface area contributed by atoms with E-state index in [1.165, 1.54) is 0 Å². The molecule has 6 heteroatoms. The van der Waals surface area contributed by atoms with Crippen molar-refractivity contribution in [1.29, 1.82) is 0 Å². The Kier molecular flexibility index (Phi) is 5.35. The monoisotopic (exact) mass is 362 g/mol. The fourth-order valence-corrected chi connectivity index (χ4v) is 2.62. The second-order valence-electron chi connectivity index (χ2n) is 6.50. The van der Waals surface area contributed by atoms with Gasteiger partial charge >= 0.3 is 0 Å². The maximum Gasteiger partial charge on any atom is 0.253 e. The van der Waals surface area contributed by atoms with Crippen LogP contribution in [0.2, 0.25) is 0 Å². The molecular formula is C21H22N4O2. The number of nitrogens with zero attached hydrogens (tertiary/aromatic N) is 3. The Morgan fingerprint density at radius 1 is 1.07 bits per heavy atom. The van der Waals surface area contributed by atoms with Gasteiger partial charge in [0.05, 0.1) is 5.69 Å². The molecule has 1 atom stereocenters. The Morgan fingerprint density at radius 2 is 1.78 bits per heavy atom. The molecule has 2 N–H and O–H groups in total. The number of hydrogen-bond donors (Lipinski definition) is 1. The summed E-state index contributed by atoms with van der Waals surface area (Å²) in [6.07, 6.45) is 0. The van der Waals surface area contributed by atoms with E-state index in [1.807, 2.05) is 61.5 Å². The molecule has 6 nitrogen and oxygen atoms in total. The first kappa shape index (κ1) is 18.4. The molecule has 138 valence electrons. The lowest BCUT2D eigenvalue weighted by Gasteiger charge is -2.10. The molecule has 0 amide bonds. The molecule has 0 spiro atoms. The van der Waals surface area contributed by atoms with E-state index in [2.05, 4.69) is 10.1 Å². The quantitative estimate of drug-likeness (QED) is 0.426. The van der Waals surface area contributed by atoms with Crippen LogP contribution in [0.5, 0.6) is 0 Å². The Labute approximate surface area is 158 Å². The number of carbonyl (C=O) groups excluding carboxylic acids is 1. The number of ketones is 1. The first-order valence-corrected chi connectivity index (χ1v) is 8.63. The van der Waals surface area contributed by atoms with Crippen molar-refractivity contribution in [1.82, 2.24) is 10.1 Å². The minimum absolute atomic E-state index is 0.00570. The molecule has 1 aromatic heterocycles. The number of hydrogen-bond acceptors (Lipinski definition) is 4. The van der Waals surface area contributed by atoms with Crippen LogP contribution in [0.1, 0.15) is 40.0 Å². The highest BCUT2D eigenvalue weighted by molar-refractivity contribution is 6.09. The molecule has 0 aliphatic carbocycles. The lowest BCUT2D eigenvalue weighted by molar-refractivity contribution is 0.103. The number of nitrogens with two attached hydrogens (primary N) is 1. The van der Waals surface area contributed by atoms with Crippen LogP contribution in [-0.4, -0.2) is 35.9 Å². The molecule has 0 saturated heterocycles. The van der Waals surface area contributed by atoms with E-state index in [9.17, 15) is 4.79 Å². The Balaban J connectivity index is 1.84. The smallest absolute Gasteiger partial charge is 0.253 e. The topological polar surface area (TPSA) is 84.7 Å². The summed E-state index contributed by atoms with van der Waals surface area (Å²) in [4.78, 5) is 18.5. The van der Waals surface area contributed by atoms with E-state index in [4.69, 9.17) is 10.3 Å². The van der Waals surface area contributed by atoms with Gasteiger partial charge in [-0.1, -0.05) is 60.6 Å². The van der Waals surface area contributed by atoms with Crippen LogP contribution in [0.15, 0.2) is 70.2 Å². The van der Waals surface area contributed by atoms with Crippen molar-refractivity contribution in [3.05, 3.63) is 83.0 Å². The summed E-state index contributed by atoms with van der Waals surface area (Å²) < 4.78 is 5.26. The normalized spacial score (nSPS) is 12.6. The Morgan fingerprint density at radius 3 is 2.48 bits per heavy atom. The number of aliphatic imine (C=N–C) groups is 1. The Bertz CT molecular complexity index is 961. The molecule has 0 bridgehead atoms. The maximum atomic E-state index is 12.7. The third-order valence-corrected chi connectivity index (χ3v) is 4.33. The molecule has 0 radical (unpaired) electrons. The van der Waals surface area contributed by atoms with Crippen molar-refractivity contribution in [2.45, 2.75) is 12.8 Å². The molecule has 27 heavy (non-hydrogen) atoms. The lowest BCUT2D eigenvalue weighted by atomic mass is 9.94. The second kappa shape index (κ2) is 7.86. The largest absolute Gasteiger partial charge is 0.369 e. The number of rotatable bonds is 5. The van der Waals surface area contributed by atoms with Crippen LogP contribution in [0.4, 0.5) is 5.88 Å². The number of carbonyl (C=O) groups is 1. The molecule has 0 aliphatic rings. The van der Waals surface area contributed by atoms with Gasteiger partial charge in [-0.05, 0) is 11.6 Å². The zero-order valence-electron chi connectivity index (χ0n) is 15.6. The standard InChI is InChI=1S/C21H22N4O2/c1-14(18-13-19(27-24-18)23-21(22)25(2)3)16-10-7-11-17(12-16)20(26)15-8-5-4-6-9-15/h4-14H,1-3H3,(H2,22,23). The van der Waals surface area contributed by atoms with Crippen molar-refractivity contribution in [2.24, 2.45) is 10.7 Å². The first-order chi connectivity index (χ1) is 13.0. The van der Waals surface area contributed by atoms with E-state index in [1.54, 1.807) is 25.1 Å². The van der Waals surface area contributed by atoms with Crippen LogP contribution in [-0.2, 0) is 0 Å². The summed E-state index contributed by atoms with van der Waals surface area (Å²) in [7, 11) is 3.60. The highest BCUT2D eigenvalue weighted by Gasteiger charge is 2.16. The molecule has 0 fully saturated rings. The first-order valence-electron chi connectivity index (χ1n) is 8.63. The summed E-state index contributed by atoms with van der Waals surface area (Å²) in [6, 6.07) is 18.6. The highest BCUT2D eigenvalue weighted by atomic mass is 16.5. The van der Waals surface area contributed by atoms with Gasteiger partial charge in [-0.3, -0.25) is 4.79 Å². The van der Waals surface area contributed by atoms with Gasteiger partial charge in [0.25, 0.3) is 5.88 Å². The zero-order valence-corrected chi connectivity index (χ0v) is 15.6. The predicted molar refractivity (Wildman–Crippen MR) is 105 cm³/mol. The predicted octanol–water partition coefficient (Wildman–Crippen LogP) is 3.57. The number of benzene rings is 2. The second-order valence-corrected chi connectivity index (χ2v) is 6.50. The van der Waals surface area contributed by atoms with E-state index in [0.717, 1.165) is 11.3 Å². The average molecular weight is 362 g/mol. The van der Waals surface area contributed by atoms with E-state index >= 15 is 0 Å². The fraction of sp³-hybridized carbons (Fsp3) is 0.190. The SMILES string of the molecule is CC(c1cccc(C(=O)c2ccccc2)c1)c1cc(N=C(N)N(C)C)on1. The third-order valence-electron chi connectivity index (χ3n) is 4.33. The van der Waals surface area contributed by atoms with Crippen molar-refractivity contribution in [2.75, 3.05) is 14.1 Å². The minimum Gasteiger partial charge on any atom is -0.369 e. The molecule has 0 saturated carbocycles. The van der Waals surface area contributed by atoms with Crippen molar-refractivity contribution >= 4 is 17.6 Å². The molecule has 1 unspecified atom stereocenters. The van der Waals surface area contributed by atoms with Crippen LogP contribution >= 0.6 is 0 Å². The summed E-state index contributed by atoms with van der Waals surface area (Å²) in [5, 5.41) is 4.10. The fourth-order valence-electron chi connectivity index (χ4n) is 2.62. The van der Waals surface area contributed by atoms with Crippen LogP contribution in [0.3, 0.4) is 0 Å². The van der Waals surface area contributed by atoms with Gasteiger partial charge in [0.2, 0.25) is 0 Å².